The average molecular weight is 255 g/mol. The van der Waals surface area contributed by atoms with E-state index in [0.717, 1.165) is 12.1 Å². The van der Waals surface area contributed by atoms with Crippen molar-refractivity contribution in [3.8, 4) is 0 Å². The lowest BCUT2D eigenvalue weighted by Crippen LogP contribution is -2.05. The molecule has 15 heavy (non-hydrogen) atoms. The molecule has 2 rings (SSSR count). The van der Waals surface area contributed by atoms with E-state index in [1.54, 1.807) is 6.07 Å². The number of halogens is 5. The molecule has 82 valence electrons. The first-order valence-electron chi connectivity index (χ1n) is 4.36. The quantitative estimate of drug-likeness (QED) is 0.654. The second-order valence-electron chi connectivity index (χ2n) is 3.64. The van der Waals surface area contributed by atoms with E-state index in [1.165, 1.54) is 6.07 Å². The van der Waals surface area contributed by atoms with Gasteiger partial charge in [0.05, 0.1) is 5.56 Å². The summed E-state index contributed by atoms with van der Waals surface area (Å²) in [4.78, 5) is 0. The average Bonchev–Trinajstić information content (AvgIpc) is 2.74. The van der Waals surface area contributed by atoms with Crippen molar-refractivity contribution >= 4 is 23.2 Å². The van der Waals surface area contributed by atoms with Gasteiger partial charge in [-0.15, -0.1) is 23.2 Å². The normalized spacial score (nSPS) is 23.9. The molecular formula is C10H7Cl2F3. The standard InChI is InChI=1S/C10H7Cl2F3/c11-9(12)5-8(9)6-2-1-3-7(4-6)10(13,14)15/h1-4,8H,5H2. The third kappa shape index (κ3) is 2.23. The zero-order valence-corrected chi connectivity index (χ0v) is 9.00. The molecule has 1 aromatic carbocycles. The molecule has 0 aromatic heterocycles. The Kier molecular flexibility index (Phi) is 2.43. The van der Waals surface area contributed by atoms with Gasteiger partial charge in [-0.3, -0.25) is 0 Å². The molecule has 1 aliphatic carbocycles. The van der Waals surface area contributed by atoms with Crippen molar-refractivity contribution in [2.45, 2.75) is 22.8 Å². The van der Waals surface area contributed by atoms with Crippen molar-refractivity contribution in [2.75, 3.05) is 0 Å². The number of benzene rings is 1. The van der Waals surface area contributed by atoms with E-state index in [-0.39, 0.29) is 5.92 Å². The summed E-state index contributed by atoms with van der Waals surface area (Å²) >= 11 is 11.6. The van der Waals surface area contributed by atoms with E-state index >= 15 is 0 Å². The van der Waals surface area contributed by atoms with E-state index in [9.17, 15) is 13.2 Å². The molecule has 1 fully saturated rings. The molecule has 0 bridgehead atoms. The van der Waals surface area contributed by atoms with Gasteiger partial charge in [0, 0.05) is 5.92 Å². The Bertz CT molecular complexity index is 384. The third-order valence-corrected chi connectivity index (χ3v) is 3.28. The second-order valence-corrected chi connectivity index (χ2v) is 5.18. The van der Waals surface area contributed by atoms with Crippen LogP contribution < -0.4 is 0 Å². The summed E-state index contributed by atoms with van der Waals surface area (Å²) in [5, 5.41) is 0. The first kappa shape index (κ1) is 11.1. The van der Waals surface area contributed by atoms with Gasteiger partial charge in [-0.25, -0.2) is 0 Å². The smallest absolute Gasteiger partial charge is 0.166 e. The van der Waals surface area contributed by atoms with Crippen LogP contribution in [0.2, 0.25) is 0 Å². The van der Waals surface area contributed by atoms with E-state index in [2.05, 4.69) is 0 Å². The zero-order valence-electron chi connectivity index (χ0n) is 7.48. The molecular weight excluding hydrogens is 248 g/mol. The number of alkyl halides is 5. The van der Waals surface area contributed by atoms with Crippen molar-refractivity contribution < 1.29 is 13.2 Å². The summed E-state index contributed by atoms with van der Waals surface area (Å²) < 4.78 is 36.3. The molecule has 0 N–H and O–H groups in total. The van der Waals surface area contributed by atoms with Gasteiger partial charge in [0.2, 0.25) is 0 Å². The van der Waals surface area contributed by atoms with Crippen molar-refractivity contribution in [2.24, 2.45) is 0 Å². The Balaban J connectivity index is 2.29. The molecule has 1 aromatic rings. The van der Waals surface area contributed by atoms with Crippen LogP contribution in [0.25, 0.3) is 0 Å². The minimum atomic E-state index is -4.31. The van der Waals surface area contributed by atoms with Crippen LogP contribution in [0.5, 0.6) is 0 Å². The van der Waals surface area contributed by atoms with Crippen molar-refractivity contribution in [1.29, 1.82) is 0 Å². The topological polar surface area (TPSA) is 0 Å². The molecule has 0 amide bonds. The first-order chi connectivity index (χ1) is 6.81. The van der Waals surface area contributed by atoms with Crippen LogP contribution in [-0.2, 0) is 6.18 Å². The summed E-state index contributed by atoms with van der Waals surface area (Å²) in [6, 6.07) is 5.14. The zero-order chi connectivity index (χ0) is 11.3. The van der Waals surface area contributed by atoms with E-state index < -0.39 is 16.1 Å². The minimum absolute atomic E-state index is 0.178. The molecule has 0 saturated heterocycles. The molecule has 1 saturated carbocycles. The van der Waals surface area contributed by atoms with Crippen molar-refractivity contribution in [3.05, 3.63) is 35.4 Å². The van der Waals surface area contributed by atoms with Gasteiger partial charge in [0.1, 0.15) is 4.33 Å². The Morgan fingerprint density at radius 1 is 1.27 bits per heavy atom. The molecule has 0 radical (unpaired) electrons. The monoisotopic (exact) mass is 254 g/mol. The van der Waals surface area contributed by atoms with Crippen LogP contribution in [0.1, 0.15) is 23.5 Å². The predicted molar refractivity (Wildman–Crippen MR) is 53.2 cm³/mol. The highest BCUT2D eigenvalue weighted by molar-refractivity contribution is 6.51. The maximum absolute atomic E-state index is 12.4. The SMILES string of the molecule is FC(F)(F)c1cccc(C2CC2(Cl)Cl)c1. The van der Waals surface area contributed by atoms with Crippen LogP contribution in [0.3, 0.4) is 0 Å². The molecule has 1 aliphatic rings. The van der Waals surface area contributed by atoms with Crippen LogP contribution >= 0.6 is 23.2 Å². The van der Waals surface area contributed by atoms with E-state index in [1.807, 2.05) is 0 Å². The van der Waals surface area contributed by atoms with Gasteiger partial charge >= 0.3 is 6.18 Å². The minimum Gasteiger partial charge on any atom is -0.166 e. The summed E-state index contributed by atoms with van der Waals surface area (Å²) in [6.07, 6.45) is -3.80. The second kappa shape index (κ2) is 3.29. The maximum atomic E-state index is 12.4. The molecule has 0 aliphatic heterocycles. The largest absolute Gasteiger partial charge is 0.416 e. The molecule has 0 spiro atoms. The van der Waals surface area contributed by atoms with Crippen LogP contribution in [0.15, 0.2) is 24.3 Å². The van der Waals surface area contributed by atoms with Gasteiger partial charge in [0.15, 0.2) is 0 Å². The number of hydrogen-bond donors (Lipinski definition) is 0. The lowest BCUT2D eigenvalue weighted by Gasteiger charge is -2.08. The summed E-state index contributed by atoms with van der Waals surface area (Å²) in [5.41, 5.74) is -0.106. The Hall–Kier alpha value is -0.410. The van der Waals surface area contributed by atoms with Crippen LogP contribution in [0, 0.1) is 0 Å². The maximum Gasteiger partial charge on any atom is 0.416 e. The highest BCUT2D eigenvalue weighted by Crippen LogP contribution is 2.59. The number of hydrogen-bond acceptors (Lipinski definition) is 0. The lowest BCUT2D eigenvalue weighted by molar-refractivity contribution is -0.137. The fourth-order valence-electron chi connectivity index (χ4n) is 1.51. The Morgan fingerprint density at radius 2 is 1.87 bits per heavy atom. The van der Waals surface area contributed by atoms with E-state index in [4.69, 9.17) is 23.2 Å². The number of rotatable bonds is 1. The third-order valence-electron chi connectivity index (χ3n) is 2.44. The van der Waals surface area contributed by atoms with Crippen LogP contribution in [0.4, 0.5) is 13.2 Å². The molecule has 1 unspecified atom stereocenters. The molecule has 1 atom stereocenters. The first-order valence-corrected chi connectivity index (χ1v) is 5.11. The highest BCUT2D eigenvalue weighted by atomic mass is 35.5. The Labute approximate surface area is 95.0 Å². The fourth-order valence-corrected chi connectivity index (χ4v) is 2.07. The van der Waals surface area contributed by atoms with E-state index in [0.29, 0.717) is 12.0 Å². The summed E-state index contributed by atoms with van der Waals surface area (Å²) in [5.74, 6) is -0.178. The lowest BCUT2D eigenvalue weighted by atomic mass is 10.1. The van der Waals surface area contributed by atoms with Crippen LogP contribution in [-0.4, -0.2) is 4.33 Å². The van der Waals surface area contributed by atoms with Gasteiger partial charge in [-0.1, -0.05) is 18.2 Å². The summed E-state index contributed by atoms with van der Waals surface area (Å²) in [7, 11) is 0. The molecule has 0 heterocycles. The Morgan fingerprint density at radius 3 is 2.33 bits per heavy atom. The molecule has 0 nitrogen and oxygen atoms in total. The van der Waals surface area contributed by atoms with Gasteiger partial charge in [-0.05, 0) is 18.1 Å². The fraction of sp³-hybridized carbons (Fsp3) is 0.400. The van der Waals surface area contributed by atoms with Gasteiger partial charge in [0.25, 0.3) is 0 Å². The predicted octanol–water partition coefficient (Wildman–Crippen LogP) is 4.37. The molecule has 5 heteroatoms. The van der Waals surface area contributed by atoms with Gasteiger partial charge < -0.3 is 0 Å². The highest BCUT2D eigenvalue weighted by Gasteiger charge is 2.52. The summed E-state index contributed by atoms with van der Waals surface area (Å²) in [6.45, 7) is 0. The van der Waals surface area contributed by atoms with Gasteiger partial charge in [-0.2, -0.15) is 13.2 Å². The van der Waals surface area contributed by atoms with Crippen molar-refractivity contribution in [3.63, 3.8) is 0 Å². The van der Waals surface area contributed by atoms with Crippen molar-refractivity contribution in [1.82, 2.24) is 0 Å².